The van der Waals surface area contributed by atoms with Gasteiger partial charge in [-0.2, -0.15) is 0 Å². The summed E-state index contributed by atoms with van der Waals surface area (Å²) in [6, 6.07) is 8.31. The Balaban J connectivity index is 0.000000354. The molecule has 1 aromatic heterocycles. The molecule has 3 rings (SSSR count). The highest BCUT2D eigenvalue weighted by molar-refractivity contribution is 6.75. The Kier molecular flexibility index (Phi) is 2.53. The maximum atomic E-state index is 5.53. The maximum absolute atomic E-state index is 5.53. The van der Waals surface area contributed by atoms with Crippen LogP contribution in [0, 0.1) is 0 Å². The van der Waals surface area contributed by atoms with Gasteiger partial charge in [0, 0.05) is 27.1 Å². The van der Waals surface area contributed by atoms with E-state index in [1.807, 2.05) is 12.1 Å². The normalized spacial score (nSPS) is 12.9. The van der Waals surface area contributed by atoms with Crippen LogP contribution in [0.25, 0.3) is 10.9 Å². The van der Waals surface area contributed by atoms with Crippen LogP contribution >= 0.6 is 0 Å². The first-order valence-corrected chi connectivity index (χ1v) is 4.49. The van der Waals surface area contributed by atoms with Gasteiger partial charge in [-0.1, -0.05) is 12.1 Å². The summed E-state index contributed by atoms with van der Waals surface area (Å²) in [5.41, 5.74) is 1.24. The Morgan fingerprint density at radius 2 is 2.07 bits per heavy atom. The third-order valence-electron chi connectivity index (χ3n) is 2.34. The molecule has 1 aliphatic rings. The van der Waals surface area contributed by atoms with E-state index < -0.39 is 0 Å². The minimum atomic E-state index is 0.792. The number of benzene rings is 1. The highest BCUT2D eigenvalue weighted by Gasteiger charge is 2.11. The van der Waals surface area contributed by atoms with E-state index in [-0.39, 0.29) is 0 Å². The lowest BCUT2D eigenvalue weighted by Crippen LogP contribution is -2.12. The Hall–Kier alpha value is -1.31. The third kappa shape index (κ3) is 1.31. The van der Waals surface area contributed by atoms with Gasteiger partial charge in [0.1, 0.15) is 12.4 Å². The van der Waals surface area contributed by atoms with Gasteiger partial charge in [-0.15, -0.1) is 0 Å². The predicted molar refractivity (Wildman–Crippen MR) is 58.9 cm³/mol. The van der Waals surface area contributed by atoms with Crippen molar-refractivity contribution >= 4 is 26.4 Å². The van der Waals surface area contributed by atoms with Gasteiger partial charge in [0.2, 0.25) is 0 Å². The Morgan fingerprint density at radius 1 is 1.21 bits per heavy atom. The van der Waals surface area contributed by atoms with E-state index in [1.54, 1.807) is 0 Å². The van der Waals surface area contributed by atoms with Gasteiger partial charge in [-0.3, -0.25) is 0 Å². The van der Waals surface area contributed by atoms with E-state index in [2.05, 4.69) is 38.4 Å². The molecule has 0 saturated carbocycles. The highest BCUT2D eigenvalue weighted by Crippen LogP contribution is 2.28. The molecule has 0 N–H and O–H groups in total. The fourth-order valence-corrected chi connectivity index (χ4v) is 1.78. The lowest BCUT2D eigenvalue weighted by Gasteiger charge is -2.16. The number of para-hydroxylation sites is 1. The third-order valence-corrected chi connectivity index (χ3v) is 2.34. The van der Waals surface area contributed by atoms with Crippen molar-refractivity contribution in [2.45, 2.75) is 6.54 Å². The maximum Gasteiger partial charge on any atom is 0.143 e. The summed E-state index contributed by atoms with van der Waals surface area (Å²) in [5.74, 6) is 1.02. The number of ether oxygens (including phenoxy) is 1. The molecular formula is C10H9B2NO. The van der Waals surface area contributed by atoms with E-state index >= 15 is 0 Å². The molecule has 4 radical (unpaired) electrons. The summed E-state index contributed by atoms with van der Waals surface area (Å²) >= 11 is 0. The molecule has 0 aliphatic carbocycles. The zero-order valence-electron chi connectivity index (χ0n) is 7.81. The van der Waals surface area contributed by atoms with Crippen molar-refractivity contribution < 1.29 is 4.74 Å². The molecule has 66 valence electrons. The van der Waals surface area contributed by atoms with Crippen LogP contribution in [0.15, 0.2) is 30.5 Å². The molecule has 0 unspecified atom stereocenters. The lowest BCUT2D eigenvalue weighted by molar-refractivity contribution is 0.287. The molecule has 0 fully saturated rings. The summed E-state index contributed by atoms with van der Waals surface area (Å²) in [5, 5.41) is 1.27. The van der Waals surface area contributed by atoms with Gasteiger partial charge in [-0.05, 0) is 12.1 Å². The first kappa shape index (κ1) is 9.25. The van der Waals surface area contributed by atoms with E-state index in [9.17, 15) is 0 Å². The minimum Gasteiger partial charge on any atom is -0.490 e. The van der Waals surface area contributed by atoms with Gasteiger partial charge in [0.25, 0.3) is 0 Å². The average molecular weight is 181 g/mol. The fraction of sp³-hybridized carbons (Fsp3) is 0.200. The van der Waals surface area contributed by atoms with Crippen molar-refractivity contribution in [3.05, 3.63) is 30.5 Å². The van der Waals surface area contributed by atoms with Crippen LogP contribution < -0.4 is 4.74 Å². The van der Waals surface area contributed by atoms with Crippen molar-refractivity contribution in [1.29, 1.82) is 0 Å². The quantitative estimate of drug-likeness (QED) is 0.558. The van der Waals surface area contributed by atoms with E-state index in [0.29, 0.717) is 0 Å². The molecule has 0 spiro atoms. The van der Waals surface area contributed by atoms with Crippen LogP contribution in [0.3, 0.4) is 0 Å². The first-order valence-electron chi connectivity index (χ1n) is 4.49. The Labute approximate surface area is 85.7 Å². The SMILES string of the molecule is [B][B].c1cc2c3c(c1)ccn3CCO2. The van der Waals surface area contributed by atoms with Gasteiger partial charge in [0.15, 0.2) is 0 Å². The largest absolute Gasteiger partial charge is 0.490 e. The van der Waals surface area contributed by atoms with Crippen molar-refractivity contribution in [2.75, 3.05) is 6.61 Å². The molecule has 2 aromatic rings. The fourth-order valence-electron chi connectivity index (χ4n) is 1.78. The zero-order chi connectivity index (χ0) is 9.97. The number of nitrogens with zero attached hydrogens (tertiary/aromatic N) is 1. The highest BCUT2D eigenvalue weighted by atomic mass is 16.5. The molecule has 1 aliphatic heterocycles. The van der Waals surface area contributed by atoms with Gasteiger partial charge < -0.3 is 9.30 Å². The van der Waals surface area contributed by atoms with E-state index in [1.165, 1.54) is 10.9 Å². The Morgan fingerprint density at radius 3 is 2.93 bits per heavy atom. The molecule has 0 bridgehead atoms. The summed E-state index contributed by atoms with van der Waals surface area (Å²) in [7, 11) is 8.00. The number of hydrogen-bond acceptors (Lipinski definition) is 1. The van der Waals surface area contributed by atoms with E-state index in [0.717, 1.165) is 18.9 Å². The van der Waals surface area contributed by atoms with Gasteiger partial charge in [-0.25, -0.2) is 0 Å². The van der Waals surface area contributed by atoms with E-state index in [4.69, 9.17) is 4.74 Å². The number of rotatable bonds is 0. The van der Waals surface area contributed by atoms with Crippen LogP contribution in [0.2, 0.25) is 0 Å². The summed E-state index contributed by atoms with van der Waals surface area (Å²) in [6.07, 6.45) is 2.12. The first-order chi connectivity index (χ1) is 6.95. The molecule has 4 heteroatoms. The predicted octanol–water partition coefficient (Wildman–Crippen LogP) is 1.27. The molecule has 14 heavy (non-hydrogen) atoms. The average Bonchev–Trinajstić information content (AvgIpc) is 2.68. The summed E-state index contributed by atoms with van der Waals surface area (Å²) < 4.78 is 7.78. The van der Waals surface area contributed by atoms with Crippen molar-refractivity contribution in [1.82, 2.24) is 4.57 Å². The van der Waals surface area contributed by atoms with Crippen LogP contribution in [-0.2, 0) is 6.54 Å². The smallest absolute Gasteiger partial charge is 0.143 e. The Bertz CT molecular complexity index is 439. The summed E-state index contributed by atoms with van der Waals surface area (Å²) in [6.45, 7) is 1.77. The lowest BCUT2D eigenvalue weighted by atomic mass is 9.81. The van der Waals surface area contributed by atoms with Crippen LogP contribution in [0.1, 0.15) is 0 Å². The van der Waals surface area contributed by atoms with Crippen LogP contribution in [0.4, 0.5) is 0 Å². The molecule has 0 atom stereocenters. The molecule has 0 saturated heterocycles. The van der Waals surface area contributed by atoms with Crippen molar-refractivity contribution in [3.63, 3.8) is 0 Å². The molecular weight excluding hydrogens is 172 g/mol. The number of aromatic nitrogens is 1. The molecule has 2 heterocycles. The van der Waals surface area contributed by atoms with Crippen molar-refractivity contribution in [2.24, 2.45) is 0 Å². The van der Waals surface area contributed by atoms with Crippen LogP contribution in [-0.4, -0.2) is 26.6 Å². The zero-order valence-corrected chi connectivity index (χ0v) is 7.81. The second kappa shape index (κ2) is 3.82. The molecule has 0 amide bonds. The molecule has 1 aromatic carbocycles. The molecule has 2 nitrogen and oxygen atoms in total. The van der Waals surface area contributed by atoms with Crippen molar-refractivity contribution in [3.8, 4) is 5.75 Å². The second-order valence-electron chi connectivity index (χ2n) is 3.05. The minimum absolute atomic E-state index is 0.792. The summed E-state index contributed by atoms with van der Waals surface area (Å²) in [4.78, 5) is 0. The van der Waals surface area contributed by atoms with Crippen LogP contribution in [0.5, 0.6) is 5.75 Å². The van der Waals surface area contributed by atoms with Gasteiger partial charge in [0.05, 0.1) is 12.1 Å². The number of hydrogen-bond donors (Lipinski definition) is 0. The standard InChI is InChI=1S/C10H9NO.B2/c1-2-8-4-5-11-6-7-12-9(3-1)10(8)11;1-2/h1-5H,6-7H2;. The monoisotopic (exact) mass is 181 g/mol. The topological polar surface area (TPSA) is 14.2 Å². The second-order valence-corrected chi connectivity index (χ2v) is 3.05. The van der Waals surface area contributed by atoms with Gasteiger partial charge >= 0.3 is 0 Å².